The molecule has 6 aromatic rings. The number of carbonyl (C=O) groups is 4. The summed E-state index contributed by atoms with van der Waals surface area (Å²) < 4.78 is 23.0. The number of ether oxygens (including phenoxy) is 4. The Bertz CT molecular complexity index is 2930. The summed E-state index contributed by atoms with van der Waals surface area (Å²) >= 11 is 0. The van der Waals surface area contributed by atoms with Gasteiger partial charge in [-0.1, -0.05) is 132 Å². The molecule has 74 heavy (non-hydrogen) atoms. The van der Waals surface area contributed by atoms with E-state index in [2.05, 4.69) is 83.1 Å². The molecule has 0 saturated heterocycles. The zero-order chi connectivity index (χ0) is 54.6. The Morgan fingerprint density at radius 2 is 0.581 bits per heavy atom. The van der Waals surface area contributed by atoms with Crippen molar-refractivity contribution in [2.24, 2.45) is 0 Å². The van der Waals surface area contributed by atoms with Crippen LogP contribution in [0, 0.1) is 0 Å². The molecule has 6 aromatic carbocycles. The van der Waals surface area contributed by atoms with Crippen molar-refractivity contribution < 1.29 is 48.3 Å². The predicted octanol–water partition coefficient (Wildman–Crippen LogP) is 12.1. The number of benzene rings is 6. The molecule has 8 bridgehead atoms. The number of hydrogen-bond donors (Lipinski definition) is 4. The molecule has 0 radical (unpaired) electrons. The third-order valence-electron chi connectivity index (χ3n) is 13.6. The first-order chi connectivity index (χ1) is 34.3. The summed E-state index contributed by atoms with van der Waals surface area (Å²) in [6.45, 7) is 25.1. The summed E-state index contributed by atoms with van der Waals surface area (Å²) in [6, 6.07) is 24.3. The monoisotopic (exact) mass is 1000 g/mol. The summed E-state index contributed by atoms with van der Waals surface area (Å²) in [7, 11) is 2.49. The third kappa shape index (κ3) is 11.8. The third-order valence-corrected chi connectivity index (χ3v) is 13.6. The van der Waals surface area contributed by atoms with Crippen LogP contribution in [0.5, 0.6) is 23.0 Å². The average molecular weight is 1000 g/mol. The molecule has 6 N–H and O–H groups in total. The van der Waals surface area contributed by atoms with Gasteiger partial charge in [-0.25, -0.2) is 19.2 Å². The maximum atomic E-state index is 14.5. The van der Waals surface area contributed by atoms with Crippen LogP contribution in [0.4, 0.5) is 11.4 Å². The van der Waals surface area contributed by atoms with Gasteiger partial charge in [-0.2, -0.15) is 0 Å². The minimum Gasteiger partial charge on any atom is -0.507 e. The van der Waals surface area contributed by atoms with Gasteiger partial charge in [-0.05, 0) is 103 Å². The van der Waals surface area contributed by atoms with Gasteiger partial charge in [0, 0.05) is 59.3 Å². The van der Waals surface area contributed by atoms with Gasteiger partial charge >= 0.3 is 23.9 Å². The number of rotatable bonds is 6. The van der Waals surface area contributed by atoms with Crippen LogP contribution in [0.1, 0.15) is 191 Å². The molecule has 0 heterocycles. The Kier molecular flexibility index (Phi) is 14.7. The van der Waals surface area contributed by atoms with E-state index in [1.165, 1.54) is 50.6 Å². The number of nitrogen functional groups attached to an aromatic ring is 2. The predicted molar refractivity (Wildman–Crippen MR) is 289 cm³/mol. The number of esters is 4. The molecule has 12 nitrogen and oxygen atoms in total. The van der Waals surface area contributed by atoms with Crippen molar-refractivity contribution in [1.82, 2.24) is 0 Å². The number of phenols is 2. The lowest BCUT2D eigenvalue weighted by Crippen LogP contribution is -2.18. The van der Waals surface area contributed by atoms with E-state index in [4.69, 9.17) is 30.4 Å². The van der Waals surface area contributed by atoms with Crippen LogP contribution in [-0.2, 0) is 56.8 Å². The molecule has 1 aliphatic rings. The summed E-state index contributed by atoms with van der Waals surface area (Å²) in [4.78, 5) is 54.5. The molecular weight excluding hydrogens is 933 g/mol. The Morgan fingerprint density at radius 3 is 0.797 bits per heavy atom. The second-order valence-electron chi connectivity index (χ2n) is 23.7. The minimum atomic E-state index is -0.778. The maximum Gasteiger partial charge on any atom is 0.343 e. The molecule has 7 rings (SSSR count). The molecule has 0 amide bonds. The van der Waals surface area contributed by atoms with Crippen molar-refractivity contribution in [2.75, 3.05) is 25.7 Å². The van der Waals surface area contributed by atoms with E-state index in [1.807, 2.05) is 48.5 Å². The van der Waals surface area contributed by atoms with E-state index in [1.54, 1.807) is 0 Å². The van der Waals surface area contributed by atoms with E-state index in [0.29, 0.717) is 44.5 Å². The molecular formula is C62H70N2O10. The number of anilines is 2. The molecule has 12 heteroatoms. The van der Waals surface area contributed by atoms with Gasteiger partial charge < -0.3 is 40.6 Å². The van der Waals surface area contributed by atoms with Gasteiger partial charge in [-0.15, -0.1) is 0 Å². The van der Waals surface area contributed by atoms with Crippen LogP contribution in [0.3, 0.4) is 0 Å². The molecule has 0 saturated carbocycles. The number of methoxy groups -OCH3 is 2. The average Bonchev–Trinajstić information content (AvgIpc) is 3.30. The molecule has 0 aromatic heterocycles. The zero-order valence-electron chi connectivity index (χ0n) is 45.2. The van der Waals surface area contributed by atoms with Crippen molar-refractivity contribution in [3.63, 3.8) is 0 Å². The first kappa shape index (κ1) is 54.2. The maximum absolute atomic E-state index is 14.5. The van der Waals surface area contributed by atoms with Gasteiger partial charge in [0.25, 0.3) is 0 Å². The second kappa shape index (κ2) is 20.0. The highest BCUT2D eigenvalue weighted by Gasteiger charge is 2.31. The molecule has 0 atom stereocenters. The number of carbonyl (C=O) groups excluding carboxylic acids is 4. The molecule has 0 unspecified atom stereocenters. The Balaban J connectivity index is 1.57. The van der Waals surface area contributed by atoms with Crippen LogP contribution in [-0.4, -0.2) is 48.3 Å². The zero-order valence-corrected chi connectivity index (χ0v) is 45.2. The van der Waals surface area contributed by atoms with E-state index < -0.39 is 45.5 Å². The van der Waals surface area contributed by atoms with Gasteiger partial charge in [0.1, 0.15) is 23.0 Å². The van der Waals surface area contributed by atoms with Gasteiger partial charge in [0.05, 0.1) is 36.5 Å². The quantitative estimate of drug-likeness (QED) is 0.0700. The van der Waals surface area contributed by atoms with Crippen LogP contribution in [0.25, 0.3) is 0 Å². The van der Waals surface area contributed by atoms with Crippen molar-refractivity contribution in [3.05, 3.63) is 174 Å². The molecule has 0 spiro atoms. The van der Waals surface area contributed by atoms with E-state index >= 15 is 0 Å². The fourth-order valence-electron chi connectivity index (χ4n) is 9.22. The summed E-state index contributed by atoms with van der Waals surface area (Å²) in [5.41, 5.74) is 19.6. The first-order valence-corrected chi connectivity index (χ1v) is 24.8. The van der Waals surface area contributed by atoms with Crippen molar-refractivity contribution in [1.29, 1.82) is 0 Å². The van der Waals surface area contributed by atoms with Gasteiger partial charge in [0.2, 0.25) is 0 Å². The summed E-state index contributed by atoms with van der Waals surface area (Å²) in [6.07, 6.45) is 0.385. The van der Waals surface area contributed by atoms with Crippen molar-refractivity contribution in [3.8, 4) is 23.0 Å². The lowest BCUT2D eigenvalue weighted by atomic mass is 9.79. The molecule has 0 aliphatic heterocycles. The highest BCUT2D eigenvalue weighted by Crippen LogP contribution is 2.44. The van der Waals surface area contributed by atoms with Gasteiger partial charge in [-0.3, -0.25) is 0 Å². The lowest BCUT2D eigenvalue weighted by Gasteiger charge is -2.28. The number of aromatic hydroxyl groups is 2. The first-order valence-electron chi connectivity index (χ1n) is 24.8. The smallest absolute Gasteiger partial charge is 0.343 e. The number of nitrogens with two attached hydrogens (primary N) is 2. The number of phenolic OH excluding ortho intramolecular Hbond substituents is 2. The topological polar surface area (TPSA) is 198 Å². The minimum absolute atomic E-state index is 0.000130. The van der Waals surface area contributed by atoms with Crippen molar-refractivity contribution >= 4 is 35.3 Å². The van der Waals surface area contributed by atoms with Gasteiger partial charge in [0.15, 0.2) is 0 Å². The Hall–Kier alpha value is -7.60. The van der Waals surface area contributed by atoms with E-state index in [-0.39, 0.29) is 82.3 Å². The molecule has 0 fully saturated rings. The van der Waals surface area contributed by atoms with Crippen LogP contribution in [0.2, 0.25) is 0 Å². The fraction of sp³-hybridized carbons (Fsp3) is 0.355. The normalized spacial score (nSPS) is 12.9. The molecule has 388 valence electrons. The second-order valence-corrected chi connectivity index (χ2v) is 23.7. The number of hydrogen-bond acceptors (Lipinski definition) is 12. The van der Waals surface area contributed by atoms with E-state index in [0.717, 1.165) is 22.3 Å². The highest BCUT2D eigenvalue weighted by atomic mass is 16.5. The summed E-state index contributed by atoms with van der Waals surface area (Å²) in [5, 5.41) is 25.5. The highest BCUT2D eigenvalue weighted by molar-refractivity contribution is 5.99. The standard InChI is InChI=1S/C62H70N2O10/c1-59(2,3)45-21-33-15-37-25-47(61(7,8)9)27-39(53(37)73-57(69)43-19-41(55(67)71-13)29-49(63)31-43)17-35-23-46(60(4,5)6)24-36(52(35)66)18-40-28-48(62(10,11)12)26-38(16-34(22-45)51(33)65)54(40)74-58(70)44-20-42(56(68)72-14)30-50(64)32-44/h19-32,65-66H,15-18,63-64H2,1-14H3. The Morgan fingerprint density at radius 1 is 0.365 bits per heavy atom. The van der Waals surface area contributed by atoms with Crippen molar-refractivity contribution in [2.45, 2.75) is 130 Å². The van der Waals surface area contributed by atoms with Crippen LogP contribution < -0.4 is 20.9 Å². The van der Waals surface area contributed by atoms with Crippen LogP contribution >= 0.6 is 0 Å². The fourth-order valence-corrected chi connectivity index (χ4v) is 9.22. The largest absolute Gasteiger partial charge is 0.507 e. The lowest BCUT2D eigenvalue weighted by molar-refractivity contribution is 0.0591. The SMILES string of the molecule is COC(=O)c1cc(N)cc(C(=O)Oc2c3cc(C(C)(C)C)cc2Cc2cc(C(C)(C)C)cc(c2O)Cc2cc(C(C)(C)C)cc(c2OC(=O)c2cc(N)cc(C(=O)OC)c2)Cc2cc(C(C)(C)C)cc(c2O)C3)c1. The Labute approximate surface area is 435 Å². The summed E-state index contributed by atoms with van der Waals surface area (Å²) in [5.74, 6) is -2.45. The number of fused-ring (bicyclic) bond motifs is 8. The van der Waals surface area contributed by atoms with E-state index in [9.17, 15) is 29.4 Å². The van der Waals surface area contributed by atoms with Crippen LogP contribution in [0.15, 0.2) is 84.9 Å². The molecule has 1 aliphatic carbocycles.